The normalized spacial score (nSPS) is 29.3. The van der Waals surface area contributed by atoms with Gasteiger partial charge >= 0.3 is 0 Å². The zero-order valence-electron chi connectivity index (χ0n) is 9.30. The number of hydrogen-bond donors (Lipinski definition) is 1. The number of hydrogen-bond acceptors (Lipinski definition) is 2. The molecule has 1 atom stereocenters. The number of halogens is 1. The van der Waals surface area contributed by atoms with Crippen LogP contribution in [-0.4, -0.2) is 12.1 Å². The van der Waals surface area contributed by atoms with Gasteiger partial charge in [-0.05, 0) is 26.8 Å². The first-order valence-electron chi connectivity index (χ1n) is 5.13. The third-order valence-electron chi connectivity index (χ3n) is 2.72. The Bertz CT molecular complexity index is 378. The highest BCUT2D eigenvalue weighted by molar-refractivity contribution is 5.24. The fraction of sp³-hybridized carbons (Fsp3) is 0.500. The van der Waals surface area contributed by atoms with Crippen molar-refractivity contribution in [2.24, 2.45) is 0 Å². The second-order valence-electron chi connectivity index (χ2n) is 4.73. The summed E-state index contributed by atoms with van der Waals surface area (Å²) < 4.78 is 19.5. The lowest BCUT2D eigenvalue weighted by molar-refractivity contribution is -0.0855. The average Bonchev–Trinajstić information content (AvgIpc) is 2.42. The molecule has 1 aliphatic heterocycles. The molecule has 1 aliphatic rings. The molecule has 1 saturated heterocycles. The van der Waals surface area contributed by atoms with Crippen molar-refractivity contribution in [2.45, 2.75) is 32.1 Å². The van der Waals surface area contributed by atoms with Gasteiger partial charge in [-0.3, -0.25) is 5.32 Å². The molecule has 1 unspecified atom stereocenters. The summed E-state index contributed by atoms with van der Waals surface area (Å²) in [4.78, 5) is 0. The lowest BCUT2D eigenvalue weighted by Gasteiger charge is -2.27. The highest BCUT2D eigenvalue weighted by atomic mass is 19.1. The molecule has 0 amide bonds. The number of rotatable bonds is 1. The number of nitrogens with one attached hydrogen (secondary N) is 1. The minimum atomic E-state index is -0.713. The first kappa shape index (κ1) is 10.6. The van der Waals surface area contributed by atoms with Crippen LogP contribution in [0.15, 0.2) is 24.3 Å². The van der Waals surface area contributed by atoms with Crippen molar-refractivity contribution in [1.82, 2.24) is 5.32 Å². The second kappa shape index (κ2) is 3.29. The Morgan fingerprint density at radius 1 is 1.27 bits per heavy atom. The molecule has 2 nitrogen and oxygen atoms in total. The van der Waals surface area contributed by atoms with E-state index in [1.165, 1.54) is 6.07 Å². The van der Waals surface area contributed by atoms with E-state index in [2.05, 4.69) is 5.32 Å². The van der Waals surface area contributed by atoms with Gasteiger partial charge in [0, 0.05) is 12.1 Å². The van der Waals surface area contributed by atoms with Crippen LogP contribution >= 0.6 is 0 Å². The van der Waals surface area contributed by atoms with Crippen LogP contribution in [-0.2, 0) is 10.5 Å². The molecule has 1 heterocycles. The zero-order valence-corrected chi connectivity index (χ0v) is 9.30. The van der Waals surface area contributed by atoms with Gasteiger partial charge in [-0.15, -0.1) is 0 Å². The minimum absolute atomic E-state index is 0.231. The number of ether oxygens (including phenoxy) is 1. The predicted molar refractivity (Wildman–Crippen MR) is 56.9 cm³/mol. The second-order valence-corrected chi connectivity index (χ2v) is 4.73. The Hall–Kier alpha value is -0.930. The van der Waals surface area contributed by atoms with E-state index < -0.39 is 5.72 Å². The quantitative estimate of drug-likeness (QED) is 0.766. The van der Waals surface area contributed by atoms with Crippen LogP contribution in [0.3, 0.4) is 0 Å². The lowest BCUT2D eigenvalue weighted by Crippen LogP contribution is -2.35. The van der Waals surface area contributed by atoms with Gasteiger partial charge in [-0.25, -0.2) is 4.39 Å². The number of benzene rings is 1. The fourth-order valence-corrected chi connectivity index (χ4v) is 2.00. The maximum atomic E-state index is 13.6. The lowest BCUT2D eigenvalue weighted by atomic mass is 10.0. The SMILES string of the molecule is CC1(C)CNC(C)(c2ccccc2F)O1. The Labute approximate surface area is 89.4 Å². The monoisotopic (exact) mass is 209 g/mol. The van der Waals surface area contributed by atoms with Crippen LogP contribution < -0.4 is 5.32 Å². The summed E-state index contributed by atoms with van der Waals surface area (Å²) in [5, 5.41) is 3.22. The van der Waals surface area contributed by atoms with Gasteiger partial charge in [0.1, 0.15) is 11.5 Å². The van der Waals surface area contributed by atoms with Crippen LogP contribution in [0.1, 0.15) is 26.3 Å². The molecule has 0 radical (unpaired) electrons. The summed E-state index contributed by atoms with van der Waals surface area (Å²) in [6, 6.07) is 6.71. The Balaban J connectivity index is 2.36. The van der Waals surface area contributed by atoms with Crippen molar-refractivity contribution in [2.75, 3.05) is 6.54 Å². The van der Waals surface area contributed by atoms with E-state index in [4.69, 9.17) is 4.74 Å². The summed E-state index contributed by atoms with van der Waals surface area (Å²) >= 11 is 0. The Kier molecular flexibility index (Phi) is 2.32. The Morgan fingerprint density at radius 2 is 1.93 bits per heavy atom. The van der Waals surface area contributed by atoms with E-state index in [1.807, 2.05) is 26.8 Å². The summed E-state index contributed by atoms with van der Waals surface area (Å²) in [5.74, 6) is -0.231. The van der Waals surface area contributed by atoms with Crippen molar-refractivity contribution in [3.63, 3.8) is 0 Å². The van der Waals surface area contributed by atoms with Crippen LogP contribution in [0.4, 0.5) is 4.39 Å². The molecule has 1 fully saturated rings. The van der Waals surface area contributed by atoms with Crippen molar-refractivity contribution < 1.29 is 9.13 Å². The molecule has 0 spiro atoms. The highest BCUT2D eigenvalue weighted by Gasteiger charge is 2.42. The smallest absolute Gasteiger partial charge is 0.146 e. The maximum absolute atomic E-state index is 13.6. The van der Waals surface area contributed by atoms with Crippen molar-refractivity contribution in [3.8, 4) is 0 Å². The average molecular weight is 209 g/mol. The summed E-state index contributed by atoms with van der Waals surface area (Å²) in [6.07, 6.45) is 0. The third kappa shape index (κ3) is 1.90. The van der Waals surface area contributed by atoms with Crippen molar-refractivity contribution in [3.05, 3.63) is 35.6 Å². The van der Waals surface area contributed by atoms with Gasteiger partial charge < -0.3 is 4.74 Å². The van der Waals surface area contributed by atoms with E-state index >= 15 is 0 Å². The largest absolute Gasteiger partial charge is 0.349 e. The summed E-state index contributed by atoms with van der Waals surface area (Å²) in [7, 11) is 0. The van der Waals surface area contributed by atoms with E-state index in [0.717, 1.165) is 6.54 Å². The van der Waals surface area contributed by atoms with Crippen LogP contribution in [0, 0.1) is 5.82 Å². The van der Waals surface area contributed by atoms with Crippen LogP contribution in [0.2, 0.25) is 0 Å². The standard InChI is InChI=1S/C12H16FNO/c1-11(2)8-14-12(3,15-11)9-6-4-5-7-10(9)13/h4-7,14H,8H2,1-3H3. The van der Waals surface area contributed by atoms with Crippen LogP contribution in [0.5, 0.6) is 0 Å². The van der Waals surface area contributed by atoms with Crippen molar-refractivity contribution >= 4 is 0 Å². The molecule has 2 rings (SSSR count). The highest BCUT2D eigenvalue weighted by Crippen LogP contribution is 2.34. The molecule has 0 bridgehead atoms. The molecule has 0 saturated carbocycles. The van der Waals surface area contributed by atoms with Gasteiger partial charge in [0.25, 0.3) is 0 Å². The van der Waals surface area contributed by atoms with Crippen molar-refractivity contribution in [1.29, 1.82) is 0 Å². The third-order valence-corrected chi connectivity index (χ3v) is 2.72. The van der Waals surface area contributed by atoms with Crippen LogP contribution in [0.25, 0.3) is 0 Å². The summed E-state index contributed by atoms with van der Waals surface area (Å²) in [5.41, 5.74) is -0.401. The first-order chi connectivity index (χ1) is 6.93. The molecule has 3 heteroatoms. The minimum Gasteiger partial charge on any atom is -0.349 e. The van der Waals surface area contributed by atoms with Gasteiger partial charge in [0.15, 0.2) is 0 Å². The summed E-state index contributed by atoms with van der Waals surface area (Å²) in [6.45, 7) is 6.57. The van der Waals surface area contributed by atoms with Gasteiger partial charge in [-0.1, -0.05) is 18.2 Å². The molecule has 1 aromatic carbocycles. The molecule has 1 N–H and O–H groups in total. The molecule has 0 aromatic heterocycles. The molecule has 1 aromatic rings. The molecule has 15 heavy (non-hydrogen) atoms. The zero-order chi connectivity index (χ0) is 11.1. The Morgan fingerprint density at radius 3 is 2.47 bits per heavy atom. The van der Waals surface area contributed by atoms with Gasteiger partial charge in [0.05, 0.1) is 5.60 Å². The predicted octanol–water partition coefficient (Wildman–Crippen LogP) is 2.40. The maximum Gasteiger partial charge on any atom is 0.146 e. The first-order valence-corrected chi connectivity index (χ1v) is 5.13. The molecule has 82 valence electrons. The van der Waals surface area contributed by atoms with E-state index in [0.29, 0.717) is 5.56 Å². The topological polar surface area (TPSA) is 21.3 Å². The van der Waals surface area contributed by atoms with E-state index in [9.17, 15) is 4.39 Å². The van der Waals surface area contributed by atoms with E-state index in [-0.39, 0.29) is 11.4 Å². The van der Waals surface area contributed by atoms with Gasteiger partial charge in [-0.2, -0.15) is 0 Å². The van der Waals surface area contributed by atoms with Gasteiger partial charge in [0.2, 0.25) is 0 Å². The molecular weight excluding hydrogens is 193 g/mol. The molecular formula is C12H16FNO. The fourth-order valence-electron chi connectivity index (χ4n) is 2.00. The molecule has 0 aliphatic carbocycles. The van der Waals surface area contributed by atoms with E-state index in [1.54, 1.807) is 12.1 Å².